The second kappa shape index (κ2) is 4.58. The third-order valence-corrected chi connectivity index (χ3v) is 3.14. The monoisotopic (exact) mass is 234 g/mol. The van der Waals surface area contributed by atoms with Gasteiger partial charge in [0.2, 0.25) is 0 Å². The van der Waals surface area contributed by atoms with E-state index < -0.39 is 0 Å². The summed E-state index contributed by atoms with van der Waals surface area (Å²) in [4.78, 5) is 0. The summed E-state index contributed by atoms with van der Waals surface area (Å²) in [5, 5.41) is 13.2. The molecule has 1 rings (SSSR count). The van der Waals surface area contributed by atoms with E-state index >= 15 is 0 Å². The number of hydrogen-bond donors (Lipinski definition) is 0. The summed E-state index contributed by atoms with van der Waals surface area (Å²) in [5.41, 5.74) is -0.697. The van der Waals surface area contributed by atoms with Crippen LogP contribution < -0.4 is 0 Å². The largest absolute Gasteiger partial charge is 0.784 e. The van der Waals surface area contributed by atoms with Crippen LogP contribution in [0.2, 0.25) is 0 Å². The first-order valence-corrected chi connectivity index (χ1v) is 5.98. The van der Waals surface area contributed by atoms with Crippen molar-refractivity contribution in [2.45, 2.75) is 57.7 Å². The topological polar surface area (TPSA) is 35.5 Å². The van der Waals surface area contributed by atoms with Gasteiger partial charge in [-0.25, -0.2) is 0 Å². The fraction of sp³-hybridized carbons (Fsp3) is 1.00. The zero-order chi connectivity index (χ0) is 11.7. The maximum Gasteiger partial charge on any atom is 0.0610 e. The standard InChI is InChI=1S/C11H21ClNO2/c1-10(2)7-9(15-6-5-12)8-11(3,4)13(10)14/h9H,5-8H2,1-4H3/q-1. The first-order valence-electron chi connectivity index (χ1n) is 5.45. The van der Waals surface area contributed by atoms with Crippen molar-refractivity contribution in [2.75, 3.05) is 12.5 Å². The van der Waals surface area contributed by atoms with Crippen molar-refractivity contribution < 1.29 is 4.74 Å². The molecular formula is C11H21ClNO2-. The lowest BCUT2D eigenvalue weighted by molar-refractivity contribution is -0.0774. The smallest absolute Gasteiger partial charge is 0.0610 e. The molecule has 4 heteroatoms. The van der Waals surface area contributed by atoms with Crippen molar-refractivity contribution in [2.24, 2.45) is 0 Å². The summed E-state index contributed by atoms with van der Waals surface area (Å²) in [6, 6.07) is 0. The number of ether oxygens (including phenoxy) is 1. The molecule has 1 aliphatic rings. The molecule has 1 saturated heterocycles. The van der Waals surface area contributed by atoms with Gasteiger partial charge in [0.25, 0.3) is 0 Å². The normalized spacial score (nSPS) is 26.8. The first-order chi connectivity index (χ1) is 6.79. The van der Waals surface area contributed by atoms with Gasteiger partial charge in [-0.15, -0.1) is 11.6 Å². The second-order valence-corrected chi connectivity index (χ2v) is 5.89. The van der Waals surface area contributed by atoms with Crippen LogP contribution in [0.4, 0.5) is 0 Å². The zero-order valence-electron chi connectivity index (χ0n) is 10.0. The molecule has 90 valence electrons. The van der Waals surface area contributed by atoms with E-state index in [0.717, 1.165) is 12.8 Å². The maximum absolute atomic E-state index is 12.0. The molecule has 1 heterocycles. The number of alkyl halides is 1. The lowest BCUT2D eigenvalue weighted by Crippen LogP contribution is -2.59. The summed E-state index contributed by atoms with van der Waals surface area (Å²) < 4.78 is 5.65. The molecule has 0 aromatic heterocycles. The highest BCUT2D eigenvalue weighted by atomic mass is 35.5. The van der Waals surface area contributed by atoms with Gasteiger partial charge >= 0.3 is 0 Å². The molecule has 0 N–H and O–H groups in total. The number of nitrogens with zero attached hydrogens (tertiary/aromatic N) is 1. The van der Waals surface area contributed by atoms with Gasteiger partial charge in [-0.2, -0.15) is 0 Å². The van der Waals surface area contributed by atoms with E-state index in [1.54, 1.807) is 0 Å². The molecule has 0 bridgehead atoms. The van der Waals surface area contributed by atoms with Crippen molar-refractivity contribution in [3.05, 3.63) is 5.21 Å². The van der Waals surface area contributed by atoms with Crippen LogP contribution in [0.1, 0.15) is 40.5 Å². The molecule has 0 atom stereocenters. The van der Waals surface area contributed by atoms with Gasteiger partial charge in [0.15, 0.2) is 0 Å². The van der Waals surface area contributed by atoms with Gasteiger partial charge in [0, 0.05) is 17.0 Å². The van der Waals surface area contributed by atoms with E-state index in [1.807, 2.05) is 27.7 Å². The van der Waals surface area contributed by atoms with Crippen LogP contribution in [0.15, 0.2) is 0 Å². The Morgan fingerprint density at radius 2 is 1.73 bits per heavy atom. The van der Waals surface area contributed by atoms with Crippen LogP contribution in [0.25, 0.3) is 0 Å². The van der Waals surface area contributed by atoms with Crippen molar-refractivity contribution >= 4 is 11.6 Å². The fourth-order valence-electron chi connectivity index (χ4n) is 2.50. The van der Waals surface area contributed by atoms with Crippen LogP contribution in [0.5, 0.6) is 0 Å². The Morgan fingerprint density at radius 1 is 1.27 bits per heavy atom. The van der Waals surface area contributed by atoms with E-state index in [2.05, 4.69) is 0 Å². The van der Waals surface area contributed by atoms with Crippen LogP contribution in [-0.2, 0) is 4.74 Å². The molecule has 3 nitrogen and oxygen atoms in total. The molecule has 0 aromatic rings. The van der Waals surface area contributed by atoms with E-state index in [-0.39, 0.29) is 17.2 Å². The Bertz CT molecular complexity index is 201. The molecule has 0 aromatic carbocycles. The van der Waals surface area contributed by atoms with Gasteiger partial charge in [0.05, 0.1) is 12.7 Å². The Balaban J connectivity index is 2.66. The number of hydrogen-bond acceptors (Lipinski definition) is 3. The Morgan fingerprint density at radius 3 is 2.13 bits per heavy atom. The molecule has 1 fully saturated rings. The molecular weight excluding hydrogens is 214 g/mol. The highest BCUT2D eigenvalue weighted by Crippen LogP contribution is 2.38. The molecule has 0 unspecified atom stereocenters. The van der Waals surface area contributed by atoms with Crippen molar-refractivity contribution in [3.8, 4) is 0 Å². The van der Waals surface area contributed by atoms with E-state index in [0.29, 0.717) is 12.5 Å². The van der Waals surface area contributed by atoms with Crippen LogP contribution >= 0.6 is 11.6 Å². The van der Waals surface area contributed by atoms with E-state index in [9.17, 15) is 5.21 Å². The predicted octanol–water partition coefficient (Wildman–Crippen LogP) is 2.76. The molecule has 0 aliphatic carbocycles. The van der Waals surface area contributed by atoms with Gasteiger partial charge in [-0.1, -0.05) is 0 Å². The number of rotatable bonds is 3. The fourth-order valence-corrected chi connectivity index (χ4v) is 2.59. The minimum Gasteiger partial charge on any atom is -0.784 e. The predicted molar refractivity (Wildman–Crippen MR) is 63.1 cm³/mol. The van der Waals surface area contributed by atoms with E-state index in [1.165, 1.54) is 5.06 Å². The Hall–Kier alpha value is 0.170. The Kier molecular flexibility index (Phi) is 4.04. The zero-order valence-corrected chi connectivity index (χ0v) is 10.8. The molecule has 0 amide bonds. The SMILES string of the molecule is CC1(C)CC(OCCCl)CC(C)(C)N1[O-]. The average Bonchev–Trinajstić information content (AvgIpc) is 2.10. The van der Waals surface area contributed by atoms with Crippen molar-refractivity contribution in [3.63, 3.8) is 0 Å². The third-order valence-electron chi connectivity index (χ3n) is 2.98. The summed E-state index contributed by atoms with van der Waals surface area (Å²) >= 11 is 5.59. The second-order valence-electron chi connectivity index (χ2n) is 5.51. The molecule has 0 spiro atoms. The highest BCUT2D eigenvalue weighted by Gasteiger charge is 2.40. The van der Waals surface area contributed by atoms with Crippen molar-refractivity contribution in [1.29, 1.82) is 0 Å². The van der Waals surface area contributed by atoms with Gasteiger partial charge in [0.1, 0.15) is 0 Å². The minimum absolute atomic E-state index is 0.152. The average molecular weight is 235 g/mol. The highest BCUT2D eigenvalue weighted by molar-refractivity contribution is 6.17. The van der Waals surface area contributed by atoms with Crippen LogP contribution in [0.3, 0.4) is 0 Å². The lowest BCUT2D eigenvalue weighted by Gasteiger charge is -2.59. The maximum atomic E-state index is 12.0. The summed E-state index contributed by atoms with van der Waals surface area (Å²) in [5.74, 6) is 0.512. The Labute approximate surface area is 97.3 Å². The lowest BCUT2D eigenvalue weighted by atomic mass is 9.80. The van der Waals surface area contributed by atoms with E-state index in [4.69, 9.17) is 16.3 Å². The molecule has 1 aliphatic heterocycles. The van der Waals surface area contributed by atoms with Crippen molar-refractivity contribution in [1.82, 2.24) is 5.06 Å². The molecule has 0 radical (unpaired) electrons. The minimum atomic E-state index is -0.348. The number of hydroxylamine groups is 2. The van der Waals surface area contributed by atoms with Crippen LogP contribution in [-0.4, -0.2) is 34.7 Å². The molecule has 0 saturated carbocycles. The molecule has 15 heavy (non-hydrogen) atoms. The first kappa shape index (κ1) is 13.2. The van der Waals surface area contributed by atoms with Gasteiger partial charge in [-0.05, 0) is 40.5 Å². The third kappa shape index (κ3) is 3.06. The summed E-state index contributed by atoms with van der Waals surface area (Å²) in [6.07, 6.45) is 1.70. The summed E-state index contributed by atoms with van der Waals surface area (Å²) in [7, 11) is 0. The summed E-state index contributed by atoms with van der Waals surface area (Å²) in [6.45, 7) is 8.45. The van der Waals surface area contributed by atoms with Gasteiger partial charge in [-0.3, -0.25) is 0 Å². The van der Waals surface area contributed by atoms with Crippen LogP contribution in [0, 0.1) is 5.21 Å². The number of halogens is 1. The quantitative estimate of drug-likeness (QED) is 0.705. The number of piperidine rings is 1. The van der Waals surface area contributed by atoms with Gasteiger partial charge < -0.3 is 15.0 Å².